The molecule has 0 unspecified atom stereocenters. The van der Waals surface area contributed by atoms with Crippen LogP contribution < -0.4 is 17.0 Å². The largest absolute Gasteiger partial charge is 2.00 e. The maximum Gasteiger partial charge on any atom is 2.00 e. The number of benzene rings is 1. The van der Waals surface area contributed by atoms with E-state index in [0.29, 0.717) is 0 Å². The van der Waals surface area contributed by atoms with Crippen molar-refractivity contribution >= 4 is 23.1 Å². The molecule has 0 fully saturated rings. The van der Waals surface area contributed by atoms with Gasteiger partial charge in [-0.25, -0.2) is 0 Å². The Labute approximate surface area is 121 Å². The molecule has 0 aliphatic heterocycles. The Hall–Kier alpha value is 0.466. The quantitative estimate of drug-likeness (QED) is 0.407. The molecule has 0 atom stereocenters. The zero-order valence-electron chi connectivity index (χ0n) is 9.64. The minimum Gasteiger partial charge on any atom is -1.00 e. The zero-order chi connectivity index (χ0) is 9.36. The Morgan fingerprint density at radius 1 is 1.00 bits per heavy atom. The molecular formula is C13H19BrMg. The Bertz CT molecular complexity index is 211. The van der Waals surface area contributed by atoms with E-state index in [1.807, 2.05) is 12.1 Å². The first-order chi connectivity index (χ1) is 6.43. The molecular weight excluding hydrogens is 260 g/mol. The average molecular weight is 280 g/mol. The smallest absolute Gasteiger partial charge is 1.00 e. The van der Waals surface area contributed by atoms with E-state index in [2.05, 4.69) is 25.1 Å². The SMILES string of the molecule is CCCCCCCc1cc[c-]cc1.[Br-].[Mg+2]. The molecule has 2 heteroatoms. The van der Waals surface area contributed by atoms with Gasteiger partial charge in [-0.1, -0.05) is 45.4 Å². The van der Waals surface area contributed by atoms with Crippen molar-refractivity contribution in [2.24, 2.45) is 0 Å². The molecule has 15 heavy (non-hydrogen) atoms. The average Bonchev–Trinajstić information content (AvgIpc) is 2.19. The fourth-order valence-electron chi connectivity index (χ4n) is 1.52. The summed E-state index contributed by atoms with van der Waals surface area (Å²) in [6.07, 6.45) is 8.08. The van der Waals surface area contributed by atoms with Gasteiger partial charge in [-0.15, -0.1) is 0 Å². The summed E-state index contributed by atoms with van der Waals surface area (Å²) in [7, 11) is 0. The molecule has 1 rings (SSSR count). The number of halogens is 1. The summed E-state index contributed by atoms with van der Waals surface area (Å²) in [5, 5.41) is 0. The second-order valence-electron chi connectivity index (χ2n) is 3.57. The van der Waals surface area contributed by atoms with E-state index in [1.165, 1.54) is 44.1 Å². The summed E-state index contributed by atoms with van der Waals surface area (Å²) < 4.78 is 0. The van der Waals surface area contributed by atoms with E-state index < -0.39 is 0 Å². The number of rotatable bonds is 6. The van der Waals surface area contributed by atoms with Crippen molar-refractivity contribution in [3.63, 3.8) is 0 Å². The Morgan fingerprint density at radius 3 is 2.20 bits per heavy atom. The predicted octanol–water partition coefficient (Wildman–Crippen LogP) is 0.623. The van der Waals surface area contributed by atoms with Crippen LogP contribution in [0.1, 0.15) is 44.6 Å². The van der Waals surface area contributed by atoms with Crippen molar-refractivity contribution in [1.29, 1.82) is 0 Å². The van der Waals surface area contributed by atoms with Crippen LogP contribution in [0.5, 0.6) is 0 Å². The maximum atomic E-state index is 3.04. The van der Waals surface area contributed by atoms with Crippen LogP contribution in [0.4, 0.5) is 0 Å². The van der Waals surface area contributed by atoms with Crippen molar-refractivity contribution in [3.8, 4) is 0 Å². The molecule has 0 spiro atoms. The van der Waals surface area contributed by atoms with Gasteiger partial charge in [0.15, 0.2) is 0 Å². The summed E-state index contributed by atoms with van der Waals surface area (Å²) in [5.41, 5.74) is 1.45. The third-order valence-electron chi connectivity index (χ3n) is 2.36. The van der Waals surface area contributed by atoms with Gasteiger partial charge >= 0.3 is 23.1 Å². The van der Waals surface area contributed by atoms with Gasteiger partial charge in [-0.05, 0) is 0 Å². The first kappa shape index (κ1) is 17.8. The van der Waals surface area contributed by atoms with Gasteiger partial charge < -0.3 is 17.0 Å². The molecule has 0 radical (unpaired) electrons. The number of aryl methyl sites for hydroxylation is 1. The van der Waals surface area contributed by atoms with Crippen molar-refractivity contribution in [2.45, 2.75) is 45.4 Å². The molecule has 80 valence electrons. The van der Waals surface area contributed by atoms with Crippen LogP contribution in [0.15, 0.2) is 24.3 Å². The van der Waals surface area contributed by atoms with Crippen LogP contribution >= 0.6 is 0 Å². The van der Waals surface area contributed by atoms with E-state index in [9.17, 15) is 0 Å². The normalized spacial score (nSPS) is 8.87. The number of hydrogen-bond acceptors (Lipinski definition) is 0. The molecule has 0 bridgehead atoms. The van der Waals surface area contributed by atoms with Gasteiger partial charge in [0.05, 0.1) is 0 Å². The molecule has 0 N–H and O–H groups in total. The third kappa shape index (κ3) is 9.40. The third-order valence-corrected chi connectivity index (χ3v) is 2.36. The number of hydrogen-bond donors (Lipinski definition) is 0. The minimum atomic E-state index is 0. The minimum absolute atomic E-state index is 0. The Balaban J connectivity index is 0. The first-order valence-electron chi connectivity index (χ1n) is 5.38. The van der Waals surface area contributed by atoms with Crippen molar-refractivity contribution in [2.75, 3.05) is 0 Å². The summed E-state index contributed by atoms with van der Waals surface area (Å²) in [6, 6.07) is 11.4. The van der Waals surface area contributed by atoms with Crippen LogP contribution in [0, 0.1) is 6.07 Å². The molecule has 0 saturated heterocycles. The van der Waals surface area contributed by atoms with Crippen LogP contribution in [-0.2, 0) is 6.42 Å². The van der Waals surface area contributed by atoms with Crippen LogP contribution in [0.3, 0.4) is 0 Å². The Kier molecular flexibility index (Phi) is 14.9. The van der Waals surface area contributed by atoms with Crippen LogP contribution in [0.25, 0.3) is 0 Å². The maximum absolute atomic E-state index is 3.04. The number of unbranched alkanes of at least 4 members (excludes halogenated alkanes) is 4. The van der Waals surface area contributed by atoms with Crippen LogP contribution in [-0.4, -0.2) is 23.1 Å². The van der Waals surface area contributed by atoms with Crippen LogP contribution in [0.2, 0.25) is 0 Å². The van der Waals surface area contributed by atoms with E-state index in [0.717, 1.165) is 0 Å². The first-order valence-corrected chi connectivity index (χ1v) is 5.38. The molecule has 0 aliphatic carbocycles. The van der Waals surface area contributed by atoms with Crippen molar-refractivity contribution < 1.29 is 17.0 Å². The van der Waals surface area contributed by atoms with Gasteiger partial charge in [0.2, 0.25) is 0 Å². The predicted molar refractivity (Wildman–Crippen MR) is 63.5 cm³/mol. The van der Waals surface area contributed by atoms with E-state index >= 15 is 0 Å². The molecule has 0 nitrogen and oxygen atoms in total. The standard InChI is InChI=1S/C13H19.BrH.Mg/c1-2-3-4-5-7-10-13-11-8-6-9-12-13;;/h8-9,11-12H,2-5,7,10H2,1H3;1H;/q-1;;+2/p-1. The van der Waals surface area contributed by atoms with Gasteiger partial charge in [0.25, 0.3) is 0 Å². The summed E-state index contributed by atoms with van der Waals surface area (Å²) in [5.74, 6) is 0. The molecule has 0 amide bonds. The van der Waals surface area contributed by atoms with Gasteiger partial charge in [-0.3, -0.25) is 0 Å². The second-order valence-corrected chi connectivity index (χ2v) is 3.57. The molecule has 0 aromatic heterocycles. The van der Waals surface area contributed by atoms with Gasteiger partial charge in [0, 0.05) is 0 Å². The Morgan fingerprint density at radius 2 is 1.60 bits per heavy atom. The topological polar surface area (TPSA) is 0 Å². The second kappa shape index (κ2) is 12.5. The summed E-state index contributed by atoms with van der Waals surface area (Å²) in [6.45, 7) is 2.26. The van der Waals surface area contributed by atoms with Crippen molar-refractivity contribution in [1.82, 2.24) is 0 Å². The molecule has 1 aromatic carbocycles. The fourth-order valence-corrected chi connectivity index (χ4v) is 1.52. The molecule has 0 heterocycles. The molecule has 1 aromatic rings. The monoisotopic (exact) mass is 278 g/mol. The van der Waals surface area contributed by atoms with E-state index in [-0.39, 0.29) is 40.0 Å². The summed E-state index contributed by atoms with van der Waals surface area (Å²) >= 11 is 0. The van der Waals surface area contributed by atoms with Crippen molar-refractivity contribution in [3.05, 3.63) is 35.9 Å². The fraction of sp³-hybridized carbons (Fsp3) is 0.538. The summed E-state index contributed by atoms with van der Waals surface area (Å²) in [4.78, 5) is 0. The molecule has 0 aliphatic rings. The zero-order valence-corrected chi connectivity index (χ0v) is 12.6. The van der Waals surface area contributed by atoms with Gasteiger partial charge in [0.1, 0.15) is 0 Å². The van der Waals surface area contributed by atoms with E-state index in [4.69, 9.17) is 0 Å². The molecule has 0 saturated carbocycles. The van der Waals surface area contributed by atoms with Gasteiger partial charge in [-0.2, -0.15) is 35.9 Å². The van der Waals surface area contributed by atoms with E-state index in [1.54, 1.807) is 0 Å².